The molecule has 0 radical (unpaired) electrons. The number of nitrogens with two attached hydrogens (primary N) is 1. The maximum atomic E-state index is 13.4. The van der Waals surface area contributed by atoms with Crippen molar-refractivity contribution in [2.45, 2.75) is 71.0 Å². The van der Waals surface area contributed by atoms with Gasteiger partial charge in [0.15, 0.2) is 0 Å². The van der Waals surface area contributed by atoms with Gasteiger partial charge >= 0.3 is 6.18 Å². The van der Waals surface area contributed by atoms with Crippen molar-refractivity contribution in [1.29, 1.82) is 0 Å². The smallest absolute Gasteiger partial charge is 0.381 e. The molecule has 0 saturated carbocycles. The van der Waals surface area contributed by atoms with E-state index in [1.807, 2.05) is 31.5 Å². The predicted octanol–water partition coefficient (Wildman–Crippen LogP) is 8.06. The molecule has 0 atom stereocenters. The van der Waals surface area contributed by atoms with E-state index in [1.54, 1.807) is 23.9 Å². The van der Waals surface area contributed by atoms with E-state index >= 15 is 0 Å². The summed E-state index contributed by atoms with van der Waals surface area (Å²) in [6, 6.07) is 10.8. The Morgan fingerprint density at radius 1 is 1.05 bits per heavy atom. The number of benzene rings is 2. The third-order valence-corrected chi connectivity index (χ3v) is 8.36. The second-order valence-corrected chi connectivity index (χ2v) is 12.1. The van der Waals surface area contributed by atoms with Crippen molar-refractivity contribution in [2.75, 3.05) is 30.3 Å². The van der Waals surface area contributed by atoms with Crippen LogP contribution in [0.5, 0.6) is 0 Å². The number of carbonyl (C=O) groups excluding carboxylic acids is 1. The molecular weight excluding hydrogens is 585 g/mol. The number of hydrogen-bond acceptors (Lipinski definition) is 6. The first-order chi connectivity index (χ1) is 20.9. The first-order valence-electron chi connectivity index (χ1n) is 14.8. The Morgan fingerprint density at radius 2 is 1.75 bits per heavy atom. The zero-order chi connectivity index (χ0) is 32.4. The lowest BCUT2D eigenvalue weighted by Crippen LogP contribution is -2.21. The fourth-order valence-corrected chi connectivity index (χ4v) is 5.68. The maximum absolute atomic E-state index is 13.4. The van der Waals surface area contributed by atoms with E-state index in [4.69, 9.17) is 5.73 Å². The van der Waals surface area contributed by atoms with E-state index < -0.39 is 17.6 Å². The number of pyridine rings is 1. The molecule has 0 aliphatic carbocycles. The van der Waals surface area contributed by atoms with Gasteiger partial charge in [0.05, 0.1) is 5.56 Å². The number of amides is 1. The summed E-state index contributed by atoms with van der Waals surface area (Å²) < 4.78 is 40.2. The van der Waals surface area contributed by atoms with E-state index in [9.17, 15) is 18.0 Å². The molecule has 4 rings (SSSR count). The van der Waals surface area contributed by atoms with Gasteiger partial charge in [0.25, 0.3) is 5.91 Å². The van der Waals surface area contributed by atoms with Crippen LogP contribution in [-0.4, -0.2) is 45.7 Å². The molecule has 7 nitrogen and oxygen atoms in total. The summed E-state index contributed by atoms with van der Waals surface area (Å²) in [5, 5.41) is 7.57. The Balaban J connectivity index is 0.000000676. The Kier molecular flexibility index (Phi) is 12.7. The van der Waals surface area contributed by atoms with E-state index in [2.05, 4.69) is 60.1 Å². The average Bonchev–Trinajstić information content (AvgIpc) is 3.48. The molecule has 0 fully saturated rings. The van der Waals surface area contributed by atoms with Gasteiger partial charge in [-0.05, 0) is 68.0 Å². The van der Waals surface area contributed by atoms with E-state index in [0.29, 0.717) is 17.5 Å². The molecule has 2 aromatic heterocycles. The molecule has 0 spiro atoms. The van der Waals surface area contributed by atoms with Crippen molar-refractivity contribution in [3.8, 4) is 0 Å². The minimum absolute atomic E-state index is 0.0619. The summed E-state index contributed by atoms with van der Waals surface area (Å²) >= 11 is 1.77. The highest BCUT2D eigenvalue weighted by atomic mass is 32.2. The van der Waals surface area contributed by atoms with Crippen LogP contribution in [0.1, 0.15) is 67.2 Å². The normalized spacial score (nSPS) is 11.5. The summed E-state index contributed by atoms with van der Waals surface area (Å²) in [6.07, 6.45) is -0.880. The number of aromatic amines is 1. The van der Waals surface area contributed by atoms with Crippen molar-refractivity contribution in [3.05, 3.63) is 82.7 Å². The number of halogens is 3. The molecule has 1 amide bonds. The molecule has 0 unspecified atom stereocenters. The maximum Gasteiger partial charge on any atom is 0.416 e. The topological polar surface area (TPSA) is 99.1 Å². The van der Waals surface area contributed by atoms with Crippen molar-refractivity contribution in [3.63, 3.8) is 0 Å². The zero-order valence-corrected chi connectivity index (χ0v) is 27.0. The van der Waals surface area contributed by atoms with Gasteiger partial charge in [0.2, 0.25) is 0 Å². The third kappa shape index (κ3) is 9.23. The predicted molar refractivity (Wildman–Crippen MR) is 176 cm³/mol. The van der Waals surface area contributed by atoms with Gasteiger partial charge in [-0.15, -0.1) is 11.8 Å². The Bertz CT molecular complexity index is 1530. The van der Waals surface area contributed by atoms with Crippen LogP contribution in [-0.2, 0) is 19.3 Å². The molecule has 0 bridgehead atoms. The van der Waals surface area contributed by atoms with Gasteiger partial charge in [-0.2, -0.15) is 13.2 Å². The molecule has 0 saturated heterocycles. The van der Waals surface area contributed by atoms with Crippen LogP contribution in [0.3, 0.4) is 0 Å². The van der Waals surface area contributed by atoms with Crippen molar-refractivity contribution < 1.29 is 18.0 Å². The number of nitrogens with one attached hydrogen (secondary N) is 3. The minimum Gasteiger partial charge on any atom is -0.381 e. The van der Waals surface area contributed by atoms with E-state index in [-0.39, 0.29) is 17.7 Å². The van der Waals surface area contributed by atoms with E-state index in [1.165, 1.54) is 31.8 Å². The number of thioether (sulfide) groups is 1. The molecule has 11 heteroatoms. The molecule has 238 valence electrons. The summed E-state index contributed by atoms with van der Waals surface area (Å²) in [5.41, 5.74) is 8.46. The number of aromatic nitrogens is 2. The van der Waals surface area contributed by atoms with Crippen LogP contribution in [0.4, 0.5) is 24.5 Å². The number of H-pyrrole nitrogens is 1. The van der Waals surface area contributed by atoms with Crippen LogP contribution < -0.4 is 16.4 Å². The highest BCUT2D eigenvalue weighted by Gasteiger charge is 2.33. The number of nitrogens with zero attached hydrogens (tertiary/aromatic N) is 2. The number of carbonyl (C=O) groups is 1. The summed E-state index contributed by atoms with van der Waals surface area (Å²) in [6.45, 7) is 16.6. The van der Waals surface area contributed by atoms with Gasteiger partial charge in [-0.25, -0.2) is 4.98 Å². The SMILES string of the molecule is CCN(CC)CC.Cc1ccc(NC(=O)c2ccc(CN)c(C(F)(F)F)c2)cc1NCc1cnc2[nH]ccc2c1SC(C)C. The fourth-order valence-electron chi connectivity index (χ4n) is 4.64. The average molecular weight is 629 g/mol. The molecular formula is C33H43F3N6OS. The largest absolute Gasteiger partial charge is 0.416 e. The van der Waals surface area contributed by atoms with Gasteiger partial charge in [-0.1, -0.05) is 46.8 Å². The summed E-state index contributed by atoms with van der Waals surface area (Å²) in [4.78, 5) is 24.0. The van der Waals surface area contributed by atoms with Gasteiger partial charge in [-0.3, -0.25) is 4.79 Å². The van der Waals surface area contributed by atoms with Crippen LogP contribution >= 0.6 is 11.8 Å². The standard InChI is InChI=1S/C27H28F3N5OS.C6H15N/c1-15(2)37-24-19(14-34-25-21(24)8-9-32-25)13-33-23-11-20(7-4-16(23)3)35-26(36)17-5-6-18(12-31)22(10-17)27(28,29)30;1-4-7(5-2)6-3/h4-11,14-15,33H,12-13,31H2,1-3H3,(H,32,34)(H,35,36);4-6H2,1-3H3. The minimum atomic E-state index is -4.60. The lowest BCUT2D eigenvalue weighted by Gasteiger charge is -2.16. The van der Waals surface area contributed by atoms with E-state index in [0.717, 1.165) is 38.8 Å². The van der Waals surface area contributed by atoms with Gasteiger partial charge in [0.1, 0.15) is 5.65 Å². The Hall–Kier alpha value is -3.54. The number of hydrogen-bond donors (Lipinski definition) is 4. The molecule has 2 heterocycles. The summed E-state index contributed by atoms with van der Waals surface area (Å²) in [7, 11) is 0. The number of fused-ring (bicyclic) bond motifs is 1. The van der Waals surface area contributed by atoms with Gasteiger partial charge < -0.3 is 26.3 Å². The van der Waals surface area contributed by atoms with Crippen LogP contribution in [0.25, 0.3) is 11.0 Å². The second-order valence-electron chi connectivity index (χ2n) is 10.5. The Morgan fingerprint density at radius 3 is 2.34 bits per heavy atom. The third-order valence-electron chi connectivity index (χ3n) is 7.17. The lowest BCUT2D eigenvalue weighted by atomic mass is 10.0. The monoisotopic (exact) mass is 628 g/mol. The quantitative estimate of drug-likeness (QED) is 0.125. The summed E-state index contributed by atoms with van der Waals surface area (Å²) in [5.74, 6) is -0.637. The van der Waals surface area contributed by atoms with Crippen molar-refractivity contribution in [2.24, 2.45) is 5.73 Å². The molecule has 4 aromatic rings. The fraction of sp³-hybridized carbons (Fsp3) is 0.394. The Labute approximate surface area is 262 Å². The number of alkyl halides is 3. The number of aryl methyl sites for hydroxylation is 1. The first-order valence-corrected chi connectivity index (χ1v) is 15.7. The van der Waals surface area contributed by atoms with Crippen LogP contribution in [0.2, 0.25) is 0 Å². The number of rotatable bonds is 11. The lowest BCUT2D eigenvalue weighted by molar-refractivity contribution is -0.138. The van der Waals surface area contributed by atoms with Crippen molar-refractivity contribution in [1.82, 2.24) is 14.9 Å². The van der Waals surface area contributed by atoms with Crippen molar-refractivity contribution >= 4 is 40.1 Å². The number of anilines is 2. The first kappa shape index (κ1) is 34.9. The highest BCUT2D eigenvalue weighted by molar-refractivity contribution is 8.00. The second kappa shape index (κ2) is 16.0. The van der Waals surface area contributed by atoms with Crippen LogP contribution in [0, 0.1) is 6.92 Å². The van der Waals surface area contributed by atoms with Crippen LogP contribution in [0.15, 0.2) is 59.8 Å². The zero-order valence-electron chi connectivity index (χ0n) is 26.2. The molecule has 0 aliphatic rings. The molecule has 0 aliphatic heterocycles. The molecule has 2 aromatic carbocycles. The van der Waals surface area contributed by atoms with Gasteiger partial charge in [0, 0.05) is 63.5 Å². The molecule has 44 heavy (non-hydrogen) atoms. The molecule has 5 N–H and O–H groups in total. The highest BCUT2D eigenvalue weighted by Crippen LogP contribution is 2.34.